The minimum atomic E-state index is -0.164. The maximum Gasteiger partial charge on any atom is 1.00 e. The highest BCUT2D eigenvalue weighted by molar-refractivity contribution is 6.47. The summed E-state index contributed by atoms with van der Waals surface area (Å²) in [4.78, 5) is 0. The van der Waals surface area contributed by atoms with Gasteiger partial charge in [0, 0.05) is 13.2 Å². The summed E-state index contributed by atoms with van der Waals surface area (Å²) in [6.45, 7) is 6.82. The van der Waals surface area contributed by atoms with Crippen molar-refractivity contribution >= 4 is 19.0 Å². The minimum absolute atomic E-state index is 0. The van der Waals surface area contributed by atoms with E-state index in [-0.39, 0.29) is 32.3 Å². The van der Waals surface area contributed by atoms with Crippen molar-refractivity contribution < 1.29 is 12.3 Å². The standard InChI is InChI=1S/C12H26O2Si2/c1-15-11(7-3-5-9-13-11)12(16-2)8-4-6-10-14-12/h3-10,15-16H2,1-2H3/p+2. The second kappa shape index (κ2) is 5.33. The van der Waals surface area contributed by atoms with Gasteiger partial charge in [-0.3, -0.25) is 0 Å². The van der Waals surface area contributed by atoms with Crippen LogP contribution in [-0.4, -0.2) is 42.7 Å². The van der Waals surface area contributed by atoms with Crippen molar-refractivity contribution in [1.29, 1.82) is 0 Å². The highest BCUT2D eigenvalue weighted by Crippen LogP contribution is 2.41. The fourth-order valence-electron chi connectivity index (χ4n) is 3.63. The van der Waals surface area contributed by atoms with E-state index in [1.165, 1.54) is 38.5 Å². The molecule has 0 spiro atoms. The molecule has 2 atom stereocenters. The Morgan fingerprint density at radius 2 is 1.25 bits per heavy atom. The topological polar surface area (TPSA) is 18.5 Å². The van der Waals surface area contributed by atoms with Gasteiger partial charge in [0.25, 0.3) is 0 Å². The molecule has 4 heteroatoms. The maximum absolute atomic E-state index is 6.32. The molecule has 2 saturated heterocycles. The van der Waals surface area contributed by atoms with Gasteiger partial charge in [0.2, 0.25) is 0 Å². The van der Waals surface area contributed by atoms with Crippen molar-refractivity contribution in [3.8, 4) is 0 Å². The molecule has 0 aromatic carbocycles. The van der Waals surface area contributed by atoms with Crippen LogP contribution in [-0.2, 0) is 9.47 Å². The van der Waals surface area contributed by atoms with Gasteiger partial charge in [-0.25, -0.2) is 0 Å². The summed E-state index contributed by atoms with van der Waals surface area (Å²) in [6.07, 6.45) is 7.82. The van der Waals surface area contributed by atoms with Gasteiger partial charge in [0.05, 0.1) is 29.5 Å². The van der Waals surface area contributed by atoms with Crippen molar-refractivity contribution in [1.82, 2.24) is 0 Å². The average molecular weight is 261 g/mol. The lowest BCUT2D eigenvalue weighted by molar-refractivity contribution is -0.160. The van der Waals surface area contributed by atoms with Gasteiger partial charge in [-0.05, 0) is 38.5 Å². The van der Waals surface area contributed by atoms with Crippen LogP contribution in [0.4, 0.5) is 0 Å². The normalized spacial score (nSPS) is 42.4. The largest absolute Gasteiger partial charge is 1.00 e. The number of ether oxygens (including phenoxy) is 2. The molecule has 0 amide bonds. The predicted molar refractivity (Wildman–Crippen MR) is 76.1 cm³/mol. The Labute approximate surface area is 107 Å². The fourth-order valence-corrected chi connectivity index (χ4v) is 8.88. The second-order valence-corrected chi connectivity index (χ2v) is 9.01. The summed E-state index contributed by atoms with van der Waals surface area (Å²) in [5, 5.41) is 0.430. The zero-order chi connectivity index (χ0) is 11.5. The highest BCUT2D eigenvalue weighted by atomic mass is 28.2. The minimum Gasteiger partial charge on any atom is -0.377 e. The summed E-state index contributed by atoms with van der Waals surface area (Å²) < 4.78 is 12.6. The van der Waals surface area contributed by atoms with Crippen LogP contribution < -0.4 is 0 Å². The average Bonchev–Trinajstić information content (AvgIpc) is 2.40. The van der Waals surface area contributed by atoms with Crippen LogP contribution in [0.2, 0.25) is 13.1 Å². The SMILES string of the molecule is C[SiH2]C1(C2([SiH2]C)CCCCO2)CCCCO1.[H+].[H+]. The molecule has 2 heterocycles. The predicted octanol–water partition coefficient (Wildman–Crippen LogP) is 1.44. The molecule has 0 saturated carbocycles. The van der Waals surface area contributed by atoms with Gasteiger partial charge in [0.1, 0.15) is 0 Å². The summed E-state index contributed by atoms with van der Waals surface area (Å²) in [6, 6.07) is 0. The first-order valence-electron chi connectivity index (χ1n) is 7.06. The first kappa shape index (κ1) is 12.8. The van der Waals surface area contributed by atoms with Gasteiger partial charge < -0.3 is 9.47 Å². The molecular weight excluding hydrogens is 232 g/mol. The van der Waals surface area contributed by atoms with Gasteiger partial charge in [-0.15, -0.1) is 0 Å². The van der Waals surface area contributed by atoms with Crippen LogP contribution in [0.15, 0.2) is 0 Å². The van der Waals surface area contributed by atoms with Crippen LogP contribution in [0, 0.1) is 0 Å². The van der Waals surface area contributed by atoms with Crippen LogP contribution in [0.3, 0.4) is 0 Å². The van der Waals surface area contributed by atoms with E-state index in [1.54, 1.807) is 0 Å². The molecule has 2 nitrogen and oxygen atoms in total. The lowest BCUT2D eigenvalue weighted by Crippen LogP contribution is -2.65. The zero-order valence-corrected chi connectivity index (χ0v) is 13.7. The molecule has 0 N–H and O–H groups in total. The Balaban J connectivity index is 0.00000144. The van der Waals surface area contributed by atoms with E-state index in [9.17, 15) is 0 Å². The van der Waals surface area contributed by atoms with Crippen molar-refractivity contribution in [3.63, 3.8) is 0 Å². The molecular formula is C12H28O2Si2+2. The van der Waals surface area contributed by atoms with E-state index in [0.29, 0.717) is 0 Å². The van der Waals surface area contributed by atoms with E-state index in [4.69, 9.17) is 9.47 Å². The Morgan fingerprint density at radius 3 is 1.50 bits per heavy atom. The third kappa shape index (κ3) is 2.05. The third-order valence-electron chi connectivity index (χ3n) is 4.68. The first-order chi connectivity index (χ1) is 7.79. The van der Waals surface area contributed by atoms with Crippen LogP contribution in [0.1, 0.15) is 41.4 Å². The van der Waals surface area contributed by atoms with Crippen LogP contribution >= 0.6 is 0 Å². The Hall–Kier alpha value is 0.354. The monoisotopic (exact) mass is 260 g/mol. The summed E-state index contributed by atoms with van der Waals surface area (Å²) >= 11 is 0. The molecule has 16 heavy (non-hydrogen) atoms. The molecule has 2 rings (SSSR count). The zero-order valence-electron chi connectivity index (χ0n) is 12.9. The van der Waals surface area contributed by atoms with Gasteiger partial charge in [0.15, 0.2) is 0 Å². The van der Waals surface area contributed by atoms with Crippen molar-refractivity contribution in [2.75, 3.05) is 13.2 Å². The molecule has 0 aromatic heterocycles. The van der Waals surface area contributed by atoms with Gasteiger partial charge >= 0.3 is 2.85 Å². The first-order valence-corrected chi connectivity index (χ1v) is 11.3. The van der Waals surface area contributed by atoms with Crippen molar-refractivity contribution in [3.05, 3.63) is 0 Å². The van der Waals surface area contributed by atoms with E-state index >= 15 is 0 Å². The Bertz CT molecular complexity index is 206. The van der Waals surface area contributed by atoms with Gasteiger partial charge in [-0.1, -0.05) is 13.1 Å². The molecule has 0 aromatic rings. The van der Waals surface area contributed by atoms with Gasteiger partial charge in [-0.2, -0.15) is 0 Å². The van der Waals surface area contributed by atoms with E-state index < -0.39 is 0 Å². The van der Waals surface area contributed by atoms with E-state index in [0.717, 1.165) is 13.2 Å². The quantitative estimate of drug-likeness (QED) is 0.715. The molecule has 2 aliphatic rings. The second-order valence-electron chi connectivity index (χ2n) is 5.31. The molecule has 0 aliphatic carbocycles. The molecule has 2 unspecified atom stereocenters. The Kier molecular flexibility index (Phi) is 4.27. The lowest BCUT2D eigenvalue weighted by Gasteiger charge is -2.53. The fraction of sp³-hybridized carbons (Fsp3) is 1.00. The molecule has 2 fully saturated rings. The molecule has 0 bridgehead atoms. The number of hydrogen-bond acceptors (Lipinski definition) is 2. The summed E-state index contributed by atoms with van der Waals surface area (Å²) in [5.41, 5.74) is 0. The third-order valence-corrected chi connectivity index (χ3v) is 9.87. The highest BCUT2D eigenvalue weighted by Gasteiger charge is 2.52. The van der Waals surface area contributed by atoms with E-state index in [1.807, 2.05) is 0 Å². The van der Waals surface area contributed by atoms with E-state index in [2.05, 4.69) is 13.1 Å². The number of hydrogen-bond donors (Lipinski definition) is 0. The van der Waals surface area contributed by atoms with Crippen LogP contribution in [0.25, 0.3) is 0 Å². The molecule has 0 radical (unpaired) electrons. The van der Waals surface area contributed by atoms with Crippen LogP contribution in [0.5, 0.6) is 0 Å². The van der Waals surface area contributed by atoms with Crippen molar-refractivity contribution in [2.24, 2.45) is 0 Å². The summed E-state index contributed by atoms with van der Waals surface area (Å²) in [7, 11) is -0.327. The molecule has 2 aliphatic heterocycles. The lowest BCUT2D eigenvalue weighted by atomic mass is 9.96. The maximum atomic E-state index is 6.32. The summed E-state index contributed by atoms with van der Waals surface area (Å²) in [5.74, 6) is 0. The number of rotatable bonds is 3. The van der Waals surface area contributed by atoms with Crippen molar-refractivity contribution in [2.45, 2.75) is 62.1 Å². The smallest absolute Gasteiger partial charge is 0.377 e. The Morgan fingerprint density at radius 1 is 0.812 bits per heavy atom. The molecule has 94 valence electrons.